The lowest BCUT2D eigenvalue weighted by Crippen LogP contribution is -2.59. The summed E-state index contributed by atoms with van der Waals surface area (Å²) < 4.78 is 10.5. The molecule has 2 aliphatic carbocycles. The smallest absolute Gasteiger partial charge is 0.333 e. The van der Waals surface area contributed by atoms with E-state index in [1.807, 2.05) is 33.8 Å². The van der Waals surface area contributed by atoms with Gasteiger partial charge < -0.3 is 19.7 Å². The summed E-state index contributed by atoms with van der Waals surface area (Å²) in [4.78, 5) is 24.4. The van der Waals surface area contributed by atoms with Gasteiger partial charge in [-0.25, -0.2) is 4.79 Å². The third-order valence-corrected chi connectivity index (χ3v) is 6.08. The highest BCUT2D eigenvalue weighted by atomic mass is 16.5. The summed E-state index contributed by atoms with van der Waals surface area (Å²) in [6.45, 7) is 11.5. The lowest BCUT2D eigenvalue weighted by Gasteiger charge is -2.54. The van der Waals surface area contributed by atoms with Crippen LogP contribution in [0.2, 0.25) is 0 Å². The molecule has 0 aromatic heterocycles. The average molecular weight is 380 g/mol. The summed E-state index contributed by atoms with van der Waals surface area (Å²) in [5.74, 6) is -2.02. The summed E-state index contributed by atoms with van der Waals surface area (Å²) in [6.07, 6.45) is 0.555. The van der Waals surface area contributed by atoms with Crippen LogP contribution in [0.3, 0.4) is 0 Å². The van der Waals surface area contributed by atoms with E-state index in [1.54, 1.807) is 0 Å². The Morgan fingerprint density at radius 1 is 1.37 bits per heavy atom. The van der Waals surface area contributed by atoms with E-state index in [0.717, 1.165) is 5.57 Å². The molecule has 27 heavy (non-hydrogen) atoms. The van der Waals surface area contributed by atoms with Crippen molar-refractivity contribution >= 4 is 11.9 Å². The maximum absolute atomic E-state index is 12.3. The highest BCUT2D eigenvalue weighted by molar-refractivity contribution is 5.88. The zero-order valence-corrected chi connectivity index (χ0v) is 16.9. The lowest BCUT2D eigenvalue weighted by molar-refractivity contribution is -0.179. The van der Waals surface area contributed by atoms with Crippen molar-refractivity contribution in [2.45, 2.75) is 65.3 Å². The van der Waals surface area contributed by atoms with Crippen molar-refractivity contribution in [3.05, 3.63) is 23.8 Å². The van der Waals surface area contributed by atoms with Crippen LogP contribution in [-0.2, 0) is 19.1 Å². The number of carbonyl (C=O) groups is 2. The molecule has 6 heteroatoms. The van der Waals surface area contributed by atoms with Crippen molar-refractivity contribution in [2.75, 3.05) is 7.11 Å². The van der Waals surface area contributed by atoms with Gasteiger partial charge in [0.1, 0.15) is 6.10 Å². The summed E-state index contributed by atoms with van der Waals surface area (Å²) in [7, 11) is 1.25. The number of methoxy groups -OCH3 is 1. The summed E-state index contributed by atoms with van der Waals surface area (Å²) in [5.41, 5.74) is 0.390. The second-order valence-electron chi connectivity index (χ2n) is 8.55. The number of fused-ring (bicyclic) bond motifs is 1. The minimum Gasteiger partial charge on any atom is -0.466 e. The third kappa shape index (κ3) is 4.11. The number of aliphatic hydroxyl groups excluding tert-OH is 2. The highest BCUT2D eigenvalue weighted by Crippen LogP contribution is 2.54. The standard InChI is InChI=1S/C21H32O6/c1-11(2)9-16(23)27-14-10-21(5)15(22)8-7-12(3)18(21)19(24)17(14)13(4)20(25)26-6/h7,11,14-15,17-19,22,24H,4,8-10H2,1-3,5-6H3/t14-,15-,17+,18+,19-,21-/m0/s1. The molecule has 152 valence electrons. The fourth-order valence-corrected chi connectivity index (χ4v) is 4.69. The van der Waals surface area contributed by atoms with Gasteiger partial charge in [-0.15, -0.1) is 0 Å². The first-order valence-corrected chi connectivity index (χ1v) is 9.52. The molecule has 1 saturated carbocycles. The van der Waals surface area contributed by atoms with Crippen LogP contribution < -0.4 is 0 Å². The van der Waals surface area contributed by atoms with E-state index in [0.29, 0.717) is 12.8 Å². The molecule has 0 aromatic carbocycles. The second-order valence-corrected chi connectivity index (χ2v) is 8.55. The SMILES string of the molecule is C=C(C(=O)OC)[C@H]1[C@H](O)[C@H]2C(C)=CC[C@H](O)[C@]2(C)C[C@@H]1OC(=O)CC(C)C. The number of carbonyl (C=O) groups excluding carboxylic acids is 2. The monoisotopic (exact) mass is 380 g/mol. The van der Waals surface area contributed by atoms with Gasteiger partial charge >= 0.3 is 11.9 Å². The predicted octanol–water partition coefficient (Wildman–Crippen LogP) is 2.39. The molecule has 0 radical (unpaired) electrons. The minimum absolute atomic E-state index is 0.0854. The molecular formula is C21H32O6. The van der Waals surface area contributed by atoms with Crippen molar-refractivity contribution in [1.29, 1.82) is 0 Å². The molecule has 0 bridgehead atoms. The molecule has 2 rings (SSSR count). The first-order valence-electron chi connectivity index (χ1n) is 9.52. The van der Waals surface area contributed by atoms with Crippen LogP contribution in [0.5, 0.6) is 0 Å². The fourth-order valence-electron chi connectivity index (χ4n) is 4.69. The first-order chi connectivity index (χ1) is 12.5. The normalized spacial score (nSPS) is 35.9. The van der Waals surface area contributed by atoms with E-state index in [4.69, 9.17) is 9.47 Å². The van der Waals surface area contributed by atoms with Gasteiger partial charge in [-0.1, -0.05) is 39.0 Å². The Morgan fingerprint density at radius 2 is 2.00 bits per heavy atom. The van der Waals surface area contributed by atoms with E-state index in [2.05, 4.69) is 6.58 Å². The molecule has 0 saturated heterocycles. The van der Waals surface area contributed by atoms with Crippen molar-refractivity contribution in [3.63, 3.8) is 0 Å². The van der Waals surface area contributed by atoms with Gasteiger partial charge in [0.05, 0.1) is 25.2 Å². The van der Waals surface area contributed by atoms with Gasteiger partial charge in [-0.05, 0) is 25.7 Å². The van der Waals surface area contributed by atoms with Gasteiger partial charge in [0, 0.05) is 23.3 Å². The van der Waals surface area contributed by atoms with Gasteiger partial charge in [0.2, 0.25) is 0 Å². The maximum atomic E-state index is 12.3. The lowest BCUT2D eigenvalue weighted by atomic mass is 9.54. The number of aliphatic hydroxyl groups is 2. The van der Waals surface area contributed by atoms with Crippen LogP contribution >= 0.6 is 0 Å². The van der Waals surface area contributed by atoms with Crippen LogP contribution in [0.15, 0.2) is 23.8 Å². The van der Waals surface area contributed by atoms with Crippen LogP contribution in [-0.4, -0.2) is 47.6 Å². The quantitative estimate of drug-likeness (QED) is 0.432. The van der Waals surface area contributed by atoms with Gasteiger partial charge in [-0.3, -0.25) is 4.79 Å². The Hall–Kier alpha value is -1.66. The highest BCUT2D eigenvalue weighted by Gasteiger charge is 2.57. The van der Waals surface area contributed by atoms with Crippen molar-refractivity contribution in [3.8, 4) is 0 Å². The number of rotatable bonds is 5. The molecule has 0 aromatic rings. The summed E-state index contributed by atoms with van der Waals surface area (Å²) in [5, 5.41) is 21.9. The molecule has 6 atom stereocenters. The summed E-state index contributed by atoms with van der Waals surface area (Å²) in [6, 6.07) is 0. The minimum atomic E-state index is -1.02. The summed E-state index contributed by atoms with van der Waals surface area (Å²) >= 11 is 0. The number of esters is 2. The Labute approximate surface area is 161 Å². The van der Waals surface area contributed by atoms with E-state index in [-0.39, 0.29) is 29.8 Å². The average Bonchev–Trinajstić information content (AvgIpc) is 2.56. The largest absolute Gasteiger partial charge is 0.466 e. The molecule has 1 fully saturated rings. The molecule has 2 N–H and O–H groups in total. The van der Waals surface area contributed by atoms with E-state index < -0.39 is 35.6 Å². The van der Waals surface area contributed by atoms with Crippen LogP contribution in [0.1, 0.15) is 47.0 Å². The number of hydrogen-bond donors (Lipinski definition) is 2. The Balaban J connectivity index is 2.41. The van der Waals surface area contributed by atoms with Gasteiger partial charge in [-0.2, -0.15) is 0 Å². The van der Waals surface area contributed by atoms with Crippen molar-refractivity contribution in [2.24, 2.45) is 23.2 Å². The zero-order chi connectivity index (χ0) is 20.5. The Morgan fingerprint density at radius 3 is 2.56 bits per heavy atom. The van der Waals surface area contributed by atoms with Gasteiger partial charge in [0.15, 0.2) is 0 Å². The van der Waals surface area contributed by atoms with E-state index in [1.165, 1.54) is 7.11 Å². The maximum Gasteiger partial charge on any atom is 0.333 e. The molecule has 0 aliphatic heterocycles. The molecule has 0 unspecified atom stereocenters. The second kappa shape index (κ2) is 8.15. The van der Waals surface area contributed by atoms with Gasteiger partial charge in [0.25, 0.3) is 0 Å². The molecule has 0 spiro atoms. The molecule has 2 aliphatic rings. The topological polar surface area (TPSA) is 93.1 Å². The fraction of sp³-hybridized carbons (Fsp3) is 0.714. The molecule has 6 nitrogen and oxygen atoms in total. The van der Waals surface area contributed by atoms with E-state index >= 15 is 0 Å². The van der Waals surface area contributed by atoms with Crippen LogP contribution in [0, 0.1) is 23.2 Å². The van der Waals surface area contributed by atoms with Crippen molar-refractivity contribution < 1.29 is 29.3 Å². The van der Waals surface area contributed by atoms with Crippen LogP contribution in [0.4, 0.5) is 0 Å². The Bertz CT molecular complexity index is 637. The van der Waals surface area contributed by atoms with E-state index in [9.17, 15) is 19.8 Å². The van der Waals surface area contributed by atoms with Crippen molar-refractivity contribution in [1.82, 2.24) is 0 Å². The number of hydrogen-bond acceptors (Lipinski definition) is 6. The first kappa shape index (κ1) is 21.6. The third-order valence-electron chi connectivity index (χ3n) is 6.08. The molecule has 0 heterocycles. The van der Waals surface area contributed by atoms with Crippen LogP contribution in [0.25, 0.3) is 0 Å². The predicted molar refractivity (Wildman–Crippen MR) is 101 cm³/mol. The zero-order valence-electron chi connectivity index (χ0n) is 16.9. The number of ether oxygens (including phenoxy) is 2. The molecular weight excluding hydrogens is 348 g/mol. The molecule has 0 amide bonds. The Kier molecular flexibility index (Phi) is 6.53.